The molecule has 0 aromatic rings. The van der Waals surface area contributed by atoms with Crippen molar-refractivity contribution >= 4 is 29.5 Å². The zero-order valence-corrected chi connectivity index (χ0v) is 13.4. The Kier molecular flexibility index (Phi) is 4.96. The molecule has 1 saturated carbocycles. The van der Waals surface area contributed by atoms with Gasteiger partial charge in [0, 0.05) is 12.5 Å². The molecule has 0 aromatic carbocycles. The molecule has 2 aliphatic rings. The van der Waals surface area contributed by atoms with E-state index in [1.165, 1.54) is 4.90 Å². The van der Waals surface area contributed by atoms with Crippen LogP contribution in [0.15, 0.2) is 0 Å². The number of imide groups is 1. The Morgan fingerprint density at radius 1 is 1.19 bits per heavy atom. The van der Waals surface area contributed by atoms with E-state index in [1.54, 1.807) is 13.8 Å². The lowest BCUT2D eigenvalue weighted by Crippen LogP contribution is -2.41. The predicted molar refractivity (Wildman–Crippen MR) is 81.1 cm³/mol. The summed E-state index contributed by atoms with van der Waals surface area (Å²) >= 11 is 1.09. The Bertz CT molecular complexity index is 441. The van der Waals surface area contributed by atoms with E-state index in [0.29, 0.717) is 0 Å². The second-order valence-electron chi connectivity index (χ2n) is 6.37. The summed E-state index contributed by atoms with van der Waals surface area (Å²) in [4.78, 5) is 37.4. The van der Waals surface area contributed by atoms with Gasteiger partial charge in [0.1, 0.15) is 4.75 Å². The van der Waals surface area contributed by atoms with Gasteiger partial charge in [-0.2, -0.15) is 0 Å². The minimum absolute atomic E-state index is 0.0195. The van der Waals surface area contributed by atoms with Crippen LogP contribution in [0.5, 0.6) is 0 Å². The lowest BCUT2D eigenvalue weighted by atomic mass is 10.1. The maximum atomic E-state index is 12.5. The van der Waals surface area contributed by atoms with Crippen molar-refractivity contribution in [3.8, 4) is 0 Å². The number of thioether (sulfide) groups is 1. The Morgan fingerprint density at radius 2 is 1.76 bits per heavy atom. The van der Waals surface area contributed by atoms with Crippen LogP contribution in [0.2, 0.25) is 0 Å². The van der Waals surface area contributed by atoms with Gasteiger partial charge in [0.25, 0.3) is 0 Å². The molecule has 1 atom stereocenters. The van der Waals surface area contributed by atoms with Gasteiger partial charge in [-0.1, -0.05) is 25.7 Å². The first-order chi connectivity index (χ1) is 9.83. The van der Waals surface area contributed by atoms with Gasteiger partial charge >= 0.3 is 5.97 Å². The van der Waals surface area contributed by atoms with Gasteiger partial charge in [0.05, 0.1) is 5.25 Å². The number of rotatable bonds is 4. The zero-order valence-electron chi connectivity index (χ0n) is 12.6. The lowest BCUT2D eigenvalue weighted by Gasteiger charge is -2.26. The van der Waals surface area contributed by atoms with Crippen molar-refractivity contribution in [2.45, 2.75) is 74.8 Å². The second kappa shape index (κ2) is 6.38. The predicted octanol–water partition coefficient (Wildman–Crippen LogP) is 2.43. The van der Waals surface area contributed by atoms with E-state index in [4.69, 9.17) is 0 Å². The van der Waals surface area contributed by atoms with Gasteiger partial charge in [-0.3, -0.25) is 19.3 Å². The highest BCUT2D eigenvalue weighted by Crippen LogP contribution is 2.37. The third-order valence-electron chi connectivity index (χ3n) is 4.28. The monoisotopic (exact) mass is 313 g/mol. The smallest absolute Gasteiger partial charge is 0.319 e. The minimum atomic E-state index is -1.06. The van der Waals surface area contributed by atoms with Crippen molar-refractivity contribution in [3.63, 3.8) is 0 Å². The maximum Gasteiger partial charge on any atom is 0.319 e. The molecule has 5 nitrogen and oxygen atoms in total. The van der Waals surface area contributed by atoms with Crippen LogP contribution in [0.4, 0.5) is 0 Å². The summed E-state index contributed by atoms with van der Waals surface area (Å²) in [5.74, 6) is -1.28. The fourth-order valence-electron chi connectivity index (χ4n) is 3.02. The quantitative estimate of drug-likeness (QED) is 0.637. The molecule has 0 spiro atoms. The highest BCUT2D eigenvalue weighted by Gasteiger charge is 2.46. The van der Waals surface area contributed by atoms with Crippen molar-refractivity contribution < 1.29 is 19.5 Å². The number of amides is 2. The summed E-state index contributed by atoms with van der Waals surface area (Å²) in [7, 11) is 0. The molecule has 0 radical (unpaired) electrons. The number of nitrogens with zero attached hydrogens (tertiary/aromatic N) is 1. The first kappa shape index (κ1) is 16.3. The normalized spacial score (nSPS) is 25.2. The minimum Gasteiger partial charge on any atom is -0.480 e. The van der Waals surface area contributed by atoms with Crippen molar-refractivity contribution in [3.05, 3.63) is 0 Å². The lowest BCUT2D eigenvalue weighted by molar-refractivity contribution is -0.141. The number of hydrogen-bond acceptors (Lipinski definition) is 4. The molecule has 1 saturated heterocycles. The first-order valence-electron chi connectivity index (χ1n) is 7.60. The summed E-state index contributed by atoms with van der Waals surface area (Å²) < 4.78 is -1.06. The van der Waals surface area contributed by atoms with E-state index in [0.717, 1.165) is 50.3 Å². The van der Waals surface area contributed by atoms with Gasteiger partial charge in [-0.15, -0.1) is 11.8 Å². The molecule has 6 heteroatoms. The van der Waals surface area contributed by atoms with Crippen LogP contribution in [-0.2, 0) is 14.4 Å². The Labute approximate surface area is 129 Å². The fraction of sp³-hybridized carbons (Fsp3) is 0.800. The van der Waals surface area contributed by atoms with Crippen LogP contribution >= 0.6 is 11.8 Å². The molecule has 0 bridgehead atoms. The van der Waals surface area contributed by atoms with Gasteiger partial charge < -0.3 is 5.11 Å². The fourth-order valence-corrected chi connectivity index (χ4v) is 4.27. The van der Waals surface area contributed by atoms with Crippen molar-refractivity contribution in [1.82, 2.24) is 4.90 Å². The molecule has 2 fully saturated rings. The van der Waals surface area contributed by atoms with E-state index < -0.39 is 16.0 Å². The van der Waals surface area contributed by atoms with E-state index >= 15 is 0 Å². The number of carbonyl (C=O) groups is 3. The van der Waals surface area contributed by atoms with E-state index in [9.17, 15) is 19.5 Å². The molecular formula is C15H23NO4S. The standard InChI is InChI=1S/C15H23NO4S/c1-15(2,14(19)20)21-11-9-12(17)16(13(11)18)10-7-5-3-4-6-8-10/h10-11H,3-9H2,1-2H3,(H,19,20). The van der Waals surface area contributed by atoms with Crippen LogP contribution in [0.25, 0.3) is 0 Å². The number of carbonyl (C=O) groups excluding carboxylic acids is 2. The molecule has 1 unspecified atom stereocenters. The molecule has 1 aliphatic carbocycles. The zero-order chi connectivity index (χ0) is 15.6. The summed E-state index contributed by atoms with van der Waals surface area (Å²) in [5.41, 5.74) is 0. The summed E-state index contributed by atoms with van der Waals surface area (Å²) in [6.45, 7) is 3.15. The Balaban J connectivity index is 2.07. The molecule has 1 aliphatic heterocycles. The van der Waals surface area contributed by atoms with Gasteiger partial charge in [0.15, 0.2) is 0 Å². The van der Waals surface area contributed by atoms with Crippen LogP contribution in [0, 0.1) is 0 Å². The molecule has 1 N–H and O–H groups in total. The number of aliphatic carboxylic acids is 1. The van der Waals surface area contributed by atoms with E-state index in [1.807, 2.05) is 0 Å². The summed E-state index contributed by atoms with van der Waals surface area (Å²) in [6.07, 6.45) is 6.35. The average Bonchev–Trinajstić information content (AvgIpc) is 2.61. The molecule has 118 valence electrons. The third-order valence-corrected chi connectivity index (χ3v) is 5.70. The summed E-state index contributed by atoms with van der Waals surface area (Å²) in [6, 6.07) is 0.0195. The van der Waals surface area contributed by atoms with E-state index in [2.05, 4.69) is 0 Å². The van der Waals surface area contributed by atoms with Gasteiger partial charge in [-0.25, -0.2) is 0 Å². The molecule has 2 amide bonds. The SMILES string of the molecule is CC(C)(SC1CC(=O)N(C2CCCCCC2)C1=O)C(=O)O. The highest BCUT2D eigenvalue weighted by atomic mass is 32.2. The molecule has 2 rings (SSSR count). The first-order valence-corrected chi connectivity index (χ1v) is 8.48. The second-order valence-corrected chi connectivity index (χ2v) is 8.20. The van der Waals surface area contributed by atoms with Crippen LogP contribution in [0.3, 0.4) is 0 Å². The molecular weight excluding hydrogens is 290 g/mol. The molecule has 1 heterocycles. The van der Waals surface area contributed by atoms with Crippen molar-refractivity contribution in [1.29, 1.82) is 0 Å². The highest BCUT2D eigenvalue weighted by molar-refractivity contribution is 8.02. The van der Waals surface area contributed by atoms with Gasteiger partial charge in [-0.05, 0) is 26.7 Å². The third kappa shape index (κ3) is 3.59. The number of carboxylic acids is 1. The number of carboxylic acid groups (broad SMARTS) is 1. The van der Waals surface area contributed by atoms with Crippen molar-refractivity contribution in [2.24, 2.45) is 0 Å². The van der Waals surface area contributed by atoms with Crippen LogP contribution in [-0.4, -0.2) is 43.8 Å². The van der Waals surface area contributed by atoms with Gasteiger partial charge in [0.2, 0.25) is 11.8 Å². The van der Waals surface area contributed by atoms with Crippen LogP contribution < -0.4 is 0 Å². The average molecular weight is 313 g/mol. The van der Waals surface area contributed by atoms with Crippen molar-refractivity contribution in [2.75, 3.05) is 0 Å². The topological polar surface area (TPSA) is 74.7 Å². The Morgan fingerprint density at radius 3 is 2.29 bits per heavy atom. The number of hydrogen-bond donors (Lipinski definition) is 1. The number of likely N-dealkylation sites (tertiary alicyclic amines) is 1. The Hall–Kier alpha value is -1.04. The molecule has 21 heavy (non-hydrogen) atoms. The molecule has 0 aromatic heterocycles. The maximum absolute atomic E-state index is 12.5. The summed E-state index contributed by atoms with van der Waals surface area (Å²) in [5, 5.41) is 8.63. The largest absolute Gasteiger partial charge is 0.480 e. The van der Waals surface area contributed by atoms with E-state index in [-0.39, 0.29) is 24.3 Å². The van der Waals surface area contributed by atoms with Crippen LogP contribution in [0.1, 0.15) is 58.8 Å².